The van der Waals surface area contributed by atoms with Crippen molar-refractivity contribution in [2.45, 2.75) is 13.3 Å². The fourth-order valence-electron chi connectivity index (χ4n) is 1.11. The molecule has 68 valence electrons. The lowest BCUT2D eigenvalue weighted by atomic mass is 10.5. The Labute approximate surface area is 73.2 Å². The molecule has 0 aliphatic heterocycles. The monoisotopic (exact) mass is 181 g/mol. The average Bonchev–Trinajstić information content (AvgIpc) is 2.47. The van der Waals surface area contributed by atoms with Gasteiger partial charge in [-0.15, -0.1) is 0 Å². The zero-order valence-electron chi connectivity index (χ0n) is 7.00. The Bertz CT molecular complexity index is 449. The molecule has 0 unspecified atom stereocenters. The van der Waals surface area contributed by atoms with Gasteiger partial charge in [0.2, 0.25) is 0 Å². The van der Waals surface area contributed by atoms with Gasteiger partial charge in [0.1, 0.15) is 11.3 Å². The van der Waals surface area contributed by atoms with E-state index in [4.69, 9.17) is 5.73 Å². The number of imidazole rings is 1. The van der Waals surface area contributed by atoms with E-state index in [0.29, 0.717) is 5.52 Å². The predicted molar refractivity (Wildman–Crippen MR) is 45.4 cm³/mol. The van der Waals surface area contributed by atoms with E-state index in [1.807, 2.05) is 6.92 Å². The smallest absolute Gasteiger partial charge is 0.312 e. The second-order valence-electron chi connectivity index (χ2n) is 2.61. The van der Waals surface area contributed by atoms with Crippen molar-refractivity contribution in [2.75, 3.05) is 5.73 Å². The minimum atomic E-state index is -0.848. The second kappa shape index (κ2) is 2.65. The summed E-state index contributed by atoms with van der Waals surface area (Å²) in [6.07, 6.45) is -0.128. The number of halogens is 1. The Balaban J connectivity index is 2.75. The van der Waals surface area contributed by atoms with E-state index in [-0.39, 0.29) is 11.5 Å². The molecule has 0 radical (unpaired) electrons. The topological polar surface area (TPSA) is 80.5 Å². The number of nitrogens with two attached hydrogens (primary N) is 1. The summed E-state index contributed by atoms with van der Waals surface area (Å²) >= 11 is 0. The molecule has 2 heterocycles. The number of hydrogen-bond acceptors (Lipinski definition) is 4. The van der Waals surface area contributed by atoms with Crippen LogP contribution in [-0.4, -0.2) is 19.9 Å². The zero-order valence-corrected chi connectivity index (χ0v) is 7.00. The lowest BCUT2D eigenvalue weighted by Gasteiger charge is -1.92. The molecule has 0 aliphatic rings. The number of hydrogen-bond donors (Lipinski definition) is 2. The highest BCUT2D eigenvalue weighted by Gasteiger charge is 2.08. The van der Waals surface area contributed by atoms with E-state index in [2.05, 4.69) is 19.9 Å². The molecule has 5 nitrogen and oxygen atoms in total. The van der Waals surface area contributed by atoms with E-state index in [1.54, 1.807) is 0 Å². The summed E-state index contributed by atoms with van der Waals surface area (Å²) in [5.41, 5.74) is 6.24. The number of nitrogen functional groups attached to an aromatic ring is 1. The molecule has 0 saturated carbocycles. The van der Waals surface area contributed by atoms with Crippen molar-refractivity contribution < 1.29 is 4.39 Å². The summed E-state index contributed by atoms with van der Waals surface area (Å²) in [6, 6.07) is 0. The largest absolute Gasteiger partial charge is 0.382 e. The molecule has 0 aliphatic carbocycles. The third-order valence-electron chi connectivity index (χ3n) is 1.74. The Kier molecular flexibility index (Phi) is 1.61. The van der Waals surface area contributed by atoms with Crippen LogP contribution in [0.15, 0.2) is 0 Å². The number of H-pyrrole nitrogens is 1. The van der Waals surface area contributed by atoms with E-state index in [0.717, 1.165) is 12.2 Å². The SMILES string of the molecule is CCc1nc2nc(F)nc(N)c2[nH]1. The van der Waals surface area contributed by atoms with Crippen molar-refractivity contribution in [3.8, 4) is 0 Å². The molecular formula is C7H8FN5. The van der Waals surface area contributed by atoms with Gasteiger partial charge in [0.05, 0.1) is 0 Å². The lowest BCUT2D eigenvalue weighted by molar-refractivity contribution is 0.545. The van der Waals surface area contributed by atoms with Crippen LogP contribution in [0.4, 0.5) is 10.2 Å². The molecule has 0 atom stereocenters. The highest BCUT2D eigenvalue weighted by atomic mass is 19.1. The van der Waals surface area contributed by atoms with Crippen molar-refractivity contribution in [3.63, 3.8) is 0 Å². The molecule has 0 amide bonds. The summed E-state index contributed by atoms with van der Waals surface area (Å²) in [5.74, 6) is 0.816. The number of aromatic amines is 1. The number of anilines is 1. The van der Waals surface area contributed by atoms with Gasteiger partial charge < -0.3 is 10.7 Å². The van der Waals surface area contributed by atoms with Crippen LogP contribution in [-0.2, 0) is 6.42 Å². The molecule has 2 aromatic heterocycles. The maximum Gasteiger partial charge on any atom is 0.312 e. The predicted octanol–water partition coefficient (Wildman–Crippen LogP) is 0.637. The fourth-order valence-corrected chi connectivity index (χ4v) is 1.11. The van der Waals surface area contributed by atoms with Crippen LogP contribution in [0.2, 0.25) is 0 Å². The summed E-state index contributed by atoms with van der Waals surface area (Å²) < 4.78 is 12.7. The molecule has 2 rings (SSSR count). The normalized spacial score (nSPS) is 10.9. The highest BCUT2D eigenvalue weighted by Crippen LogP contribution is 2.14. The van der Waals surface area contributed by atoms with Crippen LogP contribution >= 0.6 is 0 Å². The Hall–Kier alpha value is -1.72. The molecule has 6 heteroatoms. The average molecular weight is 181 g/mol. The molecule has 0 saturated heterocycles. The van der Waals surface area contributed by atoms with E-state index in [9.17, 15) is 4.39 Å². The first-order chi connectivity index (χ1) is 6.20. The lowest BCUT2D eigenvalue weighted by Crippen LogP contribution is -1.97. The van der Waals surface area contributed by atoms with Gasteiger partial charge in [0.25, 0.3) is 0 Å². The Morgan fingerprint density at radius 1 is 1.38 bits per heavy atom. The summed E-state index contributed by atoms with van der Waals surface area (Å²) in [6.45, 7) is 1.93. The van der Waals surface area contributed by atoms with Gasteiger partial charge in [0.15, 0.2) is 11.5 Å². The quantitative estimate of drug-likeness (QED) is 0.632. The number of fused-ring (bicyclic) bond motifs is 1. The number of nitrogens with one attached hydrogen (secondary N) is 1. The molecule has 0 aromatic carbocycles. The van der Waals surface area contributed by atoms with E-state index < -0.39 is 6.08 Å². The minimum absolute atomic E-state index is 0.0923. The van der Waals surface area contributed by atoms with Crippen LogP contribution in [0.25, 0.3) is 11.2 Å². The van der Waals surface area contributed by atoms with Crippen molar-refractivity contribution >= 4 is 17.0 Å². The van der Waals surface area contributed by atoms with Crippen LogP contribution in [0.3, 0.4) is 0 Å². The third-order valence-corrected chi connectivity index (χ3v) is 1.74. The van der Waals surface area contributed by atoms with Crippen LogP contribution in [0, 0.1) is 6.08 Å². The molecule has 2 aromatic rings. The van der Waals surface area contributed by atoms with Gasteiger partial charge in [-0.3, -0.25) is 0 Å². The molecule has 0 bridgehead atoms. The highest BCUT2D eigenvalue weighted by molar-refractivity contribution is 5.81. The third kappa shape index (κ3) is 1.20. The summed E-state index contributed by atoms with van der Waals surface area (Å²) in [4.78, 5) is 13.8. The molecule has 0 spiro atoms. The first kappa shape index (κ1) is 7.90. The van der Waals surface area contributed by atoms with Crippen LogP contribution < -0.4 is 5.73 Å². The number of rotatable bonds is 1. The number of nitrogens with zero attached hydrogens (tertiary/aromatic N) is 3. The first-order valence-corrected chi connectivity index (χ1v) is 3.88. The number of aromatic nitrogens is 4. The number of aryl methyl sites for hydroxylation is 1. The molecular weight excluding hydrogens is 173 g/mol. The zero-order chi connectivity index (χ0) is 9.42. The minimum Gasteiger partial charge on any atom is -0.382 e. The van der Waals surface area contributed by atoms with Crippen molar-refractivity contribution in [2.24, 2.45) is 0 Å². The van der Waals surface area contributed by atoms with E-state index >= 15 is 0 Å². The first-order valence-electron chi connectivity index (χ1n) is 3.88. The van der Waals surface area contributed by atoms with Gasteiger partial charge in [-0.05, 0) is 0 Å². The Morgan fingerprint density at radius 2 is 2.15 bits per heavy atom. The van der Waals surface area contributed by atoms with Crippen molar-refractivity contribution in [1.82, 2.24) is 19.9 Å². The van der Waals surface area contributed by atoms with Crippen molar-refractivity contribution in [1.29, 1.82) is 0 Å². The fraction of sp³-hybridized carbons (Fsp3) is 0.286. The second-order valence-corrected chi connectivity index (χ2v) is 2.61. The van der Waals surface area contributed by atoms with Crippen molar-refractivity contribution in [3.05, 3.63) is 11.9 Å². The molecule has 13 heavy (non-hydrogen) atoms. The molecule has 3 N–H and O–H groups in total. The Morgan fingerprint density at radius 3 is 2.85 bits per heavy atom. The summed E-state index contributed by atoms with van der Waals surface area (Å²) in [7, 11) is 0. The van der Waals surface area contributed by atoms with Gasteiger partial charge in [-0.1, -0.05) is 6.92 Å². The standard InChI is InChI=1S/C7H8FN5/c1-2-3-10-4-5(9)12-7(8)13-6(4)11-3/h2H2,1H3,(H3,9,10,11,12,13). The summed E-state index contributed by atoms with van der Waals surface area (Å²) in [5, 5.41) is 0. The van der Waals surface area contributed by atoms with Crippen LogP contribution in [0.5, 0.6) is 0 Å². The van der Waals surface area contributed by atoms with Gasteiger partial charge >= 0.3 is 6.08 Å². The van der Waals surface area contributed by atoms with E-state index in [1.165, 1.54) is 0 Å². The maximum atomic E-state index is 12.7. The molecule has 0 fully saturated rings. The van der Waals surface area contributed by atoms with Crippen LogP contribution in [0.1, 0.15) is 12.7 Å². The van der Waals surface area contributed by atoms with Gasteiger partial charge in [-0.25, -0.2) is 4.98 Å². The maximum absolute atomic E-state index is 12.7. The van der Waals surface area contributed by atoms with Gasteiger partial charge in [-0.2, -0.15) is 14.4 Å². The van der Waals surface area contributed by atoms with Gasteiger partial charge in [0, 0.05) is 6.42 Å².